The molecule has 1 unspecified atom stereocenters. The fraction of sp³-hybridized carbons (Fsp3) is 0.750. The minimum Gasteiger partial charge on any atom is -0.340 e. The van der Waals surface area contributed by atoms with Crippen LogP contribution in [0.15, 0.2) is 0 Å². The van der Waals surface area contributed by atoms with E-state index in [0.29, 0.717) is 0 Å². The van der Waals surface area contributed by atoms with Gasteiger partial charge in [-0.25, -0.2) is 4.79 Å². The summed E-state index contributed by atoms with van der Waals surface area (Å²) in [4.78, 5) is 38.4. The normalized spacial score (nSPS) is 24.4. The summed E-state index contributed by atoms with van der Waals surface area (Å²) in [6.07, 6.45) is 0.913. The molecule has 2 saturated heterocycles. The Bertz CT molecular complexity index is 421. The van der Waals surface area contributed by atoms with Crippen LogP contribution in [0.2, 0.25) is 0 Å². The molecule has 2 N–H and O–H groups in total. The highest BCUT2D eigenvalue weighted by molar-refractivity contribution is 6.07. The first-order valence-electron chi connectivity index (χ1n) is 6.43. The molecule has 0 radical (unpaired) electrons. The Balaban J connectivity index is 0.00000200. The topological polar surface area (TPSA) is 81.8 Å². The number of halogens is 1. The van der Waals surface area contributed by atoms with Gasteiger partial charge in [0.2, 0.25) is 5.91 Å². The first kappa shape index (κ1) is 16.7. The summed E-state index contributed by atoms with van der Waals surface area (Å²) in [5.41, 5.74) is -0.971. The second-order valence-corrected chi connectivity index (χ2v) is 5.56. The van der Waals surface area contributed by atoms with Crippen LogP contribution in [0.4, 0.5) is 4.79 Å². The molecule has 0 aromatic rings. The predicted octanol–water partition coefficient (Wildman–Crippen LogP) is -0.441. The third kappa shape index (κ3) is 2.88. The SMILES string of the molecule is CN(C(=O)CN1C(=O)NC(=O)C1(C)C)C1CCNC1.Cl. The minimum atomic E-state index is -0.971. The number of nitrogens with zero attached hydrogens (tertiary/aromatic N) is 2. The van der Waals surface area contributed by atoms with Crippen molar-refractivity contribution >= 4 is 30.3 Å². The molecule has 7 nitrogen and oxygen atoms in total. The van der Waals surface area contributed by atoms with Gasteiger partial charge in [0.05, 0.1) is 0 Å². The number of rotatable bonds is 3. The molecule has 0 aromatic heterocycles. The summed E-state index contributed by atoms with van der Waals surface area (Å²) in [5, 5.41) is 5.43. The average Bonchev–Trinajstić information content (AvgIpc) is 2.92. The molecule has 2 aliphatic rings. The van der Waals surface area contributed by atoms with Crippen LogP contribution in [0.1, 0.15) is 20.3 Å². The Morgan fingerprint density at radius 3 is 2.55 bits per heavy atom. The van der Waals surface area contributed by atoms with E-state index in [0.717, 1.165) is 19.5 Å². The number of carbonyl (C=O) groups is 3. The summed E-state index contributed by atoms with van der Waals surface area (Å²) in [6, 6.07) is -0.335. The zero-order chi connectivity index (χ0) is 14.2. The third-order valence-corrected chi connectivity index (χ3v) is 3.96. The molecule has 0 bridgehead atoms. The number of imide groups is 1. The maximum absolute atomic E-state index is 12.2. The molecule has 20 heavy (non-hydrogen) atoms. The summed E-state index contributed by atoms with van der Waals surface area (Å²) in [6.45, 7) is 4.88. The lowest BCUT2D eigenvalue weighted by Crippen LogP contribution is -2.51. The lowest BCUT2D eigenvalue weighted by molar-refractivity contribution is -0.134. The Morgan fingerprint density at radius 1 is 1.45 bits per heavy atom. The predicted molar refractivity (Wildman–Crippen MR) is 75.6 cm³/mol. The lowest BCUT2D eigenvalue weighted by Gasteiger charge is -2.31. The van der Waals surface area contributed by atoms with Crippen molar-refractivity contribution in [2.75, 3.05) is 26.7 Å². The summed E-state index contributed by atoms with van der Waals surface area (Å²) >= 11 is 0. The van der Waals surface area contributed by atoms with E-state index in [9.17, 15) is 14.4 Å². The van der Waals surface area contributed by atoms with E-state index >= 15 is 0 Å². The Morgan fingerprint density at radius 2 is 2.10 bits per heavy atom. The van der Waals surface area contributed by atoms with Crippen LogP contribution in [0, 0.1) is 0 Å². The quantitative estimate of drug-likeness (QED) is 0.693. The van der Waals surface area contributed by atoms with Crippen LogP contribution >= 0.6 is 12.4 Å². The fourth-order valence-corrected chi connectivity index (χ4v) is 2.38. The highest BCUT2D eigenvalue weighted by Crippen LogP contribution is 2.21. The van der Waals surface area contributed by atoms with E-state index in [1.165, 1.54) is 4.90 Å². The van der Waals surface area contributed by atoms with E-state index in [1.54, 1.807) is 25.8 Å². The standard InChI is InChI=1S/C12H20N4O3.ClH/c1-12(2)10(18)14-11(19)16(12)7-9(17)15(3)8-4-5-13-6-8;/h8,13H,4-7H2,1-3H3,(H,14,18,19);1H. The molecule has 0 aliphatic carbocycles. The number of hydrogen-bond donors (Lipinski definition) is 2. The number of urea groups is 1. The summed E-state index contributed by atoms with van der Waals surface area (Å²) in [7, 11) is 1.74. The molecule has 2 heterocycles. The van der Waals surface area contributed by atoms with Gasteiger partial charge in [-0.3, -0.25) is 14.9 Å². The molecular weight excluding hydrogens is 284 g/mol. The number of nitrogens with one attached hydrogen (secondary N) is 2. The smallest absolute Gasteiger partial charge is 0.325 e. The molecule has 1 atom stereocenters. The first-order valence-corrected chi connectivity index (χ1v) is 6.43. The van der Waals surface area contributed by atoms with Crippen molar-refractivity contribution in [1.29, 1.82) is 0 Å². The largest absolute Gasteiger partial charge is 0.340 e. The molecule has 2 fully saturated rings. The van der Waals surface area contributed by atoms with Crippen molar-refractivity contribution in [3.63, 3.8) is 0 Å². The van der Waals surface area contributed by atoms with Gasteiger partial charge in [0.15, 0.2) is 0 Å². The summed E-state index contributed by atoms with van der Waals surface area (Å²) < 4.78 is 0. The highest BCUT2D eigenvalue weighted by Gasteiger charge is 2.46. The van der Waals surface area contributed by atoms with Crippen molar-refractivity contribution in [3.8, 4) is 0 Å². The number of carbonyl (C=O) groups excluding carboxylic acids is 3. The van der Waals surface area contributed by atoms with Gasteiger partial charge in [-0.2, -0.15) is 0 Å². The van der Waals surface area contributed by atoms with Crippen LogP contribution < -0.4 is 10.6 Å². The van der Waals surface area contributed by atoms with Crippen molar-refractivity contribution in [2.24, 2.45) is 0 Å². The molecule has 0 aromatic carbocycles. The fourth-order valence-electron chi connectivity index (χ4n) is 2.38. The van der Waals surface area contributed by atoms with Gasteiger partial charge < -0.3 is 15.1 Å². The first-order chi connectivity index (χ1) is 8.84. The third-order valence-electron chi connectivity index (χ3n) is 3.96. The Hall–Kier alpha value is -1.34. The van der Waals surface area contributed by atoms with E-state index in [-0.39, 0.29) is 36.8 Å². The molecule has 0 spiro atoms. The van der Waals surface area contributed by atoms with Gasteiger partial charge in [0, 0.05) is 19.6 Å². The monoisotopic (exact) mass is 304 g/mol. The van der Waals surface area contributed by atoms with Crippen molar-refractivity contribution in [3.05, 3.63) is 0 Å². The molecule has 8 heteroatoms. The zero-order valence-electron chi connectivity index (χ0n) is 11.9. The zero-order valence-corrected chi connectivity index (χ0v) is 12.7. The van der Waals surface area contributed by atoms with Gasteiger partial charge in [-0.1, -0.05) is 0 Å². The summed E-state index contributed by atoms with van der Waals surface area (Å²) in [5.74, 6) is -0.512. The Kier molecular flexibility index (Phi) is 4.99. The van der Waals surface area contributed by atoms with Crippen molar-refractivity contribution in [1.82, 2.24) is 20.4 Å². The molecule has 2 aliphatic heterocycles. The number of likely N-dealkylation sites (N-methyl/N-ethyl adjacent to an activating group) is 1. The van der Waals surface area contributed by atoms with Crippen LogP contribution in [-0.2, 0) is 9.59 Å². The van der Waals surface area contributed by atoms with E-state index in [2.05, 4.69) is 10.6 Å². The van der Waals surface area contributed by atoms with Gasteiger partial charge in [0.25, 0.3) is 5.91 Å². The highest BCUT2D eigenvalue weighted by atomic mass is 35.5. The number of hydrogen-bond acceptors (Lipinski definition) is 4. The van der Waals surface area contributed by atoms with Gasteiger partial charge in [-0.05, 0) is 26.8 Å². The van der Waals surface area contributed by atoms with Gasteiger partial charge in [-0.15, -0.1) is 12.4 Å². The number of amides is 4. The van der Waals surface area contributed by atoms with E-state index in [1.807, 2.05) is 0 Å². The lowest BCUT2D eigenvalue weighted by atomic mass is 10.0. The van der Waals surface area contributed by atoms with E-state index < -0.39 is 11.6 Å². The second kappa shape index (κ2) is 5.97. The second-order valence-electron chi connectivity index (χ2n) is 5.56. The Labute approximate surface area is 124 Å². The van der Waals surface area contributed by atoms with Crippen molar-refractivity contribution < 1.29 is 14.4 Å². The molecule has 2 rings (SSSR count). The maximum atomic E-state index is 12.2. The maximum Gasteiger partial charge on any atom is 0.325 e. The molecular formula is C12H21ClN4O3. The van der Waals surface area contributed by atoms with Crippen LogP contribution in [0.25, 0.3) is 0 Å². The van der Waals surface area contributed by atoms with Crippen LogP contribution in [0.5, 0.6) is 0 Å². The van der Waals surface area contributed by atoms with Gasteiger partial charge >= 0.3 is 6.03 Å². The van der Waals surface area contributed by atoms with Crippen molar-refractivity contribution in [2.45, 2.75) is 31.8 Å². The van der Waals surface area contributed by atoms with Crippen LogP contribution in [0.3, 0.4) is 0 Å². The average molecular weight is 305 g/mol. The minimum absolute atomic E-state index is 0. The molecule has 4 amide bonds. The van der Waals surface area contributed by atoms with Crippen LogP contribution in [-0.4, -0.2) is 65.9 Å². The molecule has 0 saturated carbocycles. The molecule has 114 valence electrons. The van der Waals surface area contributed by atoms with E-state index in [4.69, 9.17) is 0 Å². The van der Waals surface area contributed by atoms with Gasteiger partial charge in [0.1, 0.15) is 12.1 Å².